The number of hydrogen-bond acceptors (Lipinski definition) is 2. The highest BCUT2D eigenvalue weighted by Crippen LogP contribution is 2.31. The van der Waals surface area contributed by atoms with Crippen molar-refractivity contribution in [3.8, 4) is 5.75 Å². The third-order valence-electron chi connectivity index (χ3n) is 4.15. The quantitative estimate of drug-likeness (QED) is 0.529. The Bertz CT molecular complexity index is 931. The molecule has 0 saturated carbocycles. The Morgan fingerprint density at radius 2 is 1.26 bits per heavy atom. The van der Waals surface area contributed by atoms with Crippen LogP contribution in [0.4, 0.5) is 8.78 Å². The number of ketones is 1. The van der Waals surface area contributed by atoms with Crippen LogP contribution in [-0.2, 0) is 0 Å². The minimum absolute atomic E-state index is 0.0270. The van der Waals surface area contributed by atoms with Gasteiger partial charge in [0.05, 0.1) is 7.11 Å². The SMILES string of the molecule is COc1ccc(/C(=C/C(F)(F)C(=O)c2ccccc2)c2ccccc2)cc1. The van der Waals surface area contributed by atoms with Gasteiger partial charge in [0.1, 0.15) is 5.75 Å². The molecule has 3 aromatic carbocycles. The van der Waals surface area contributed by atoms with Gasteiger partial charge in [-0.25, -0.2) is 0 Å². The van der Waals surface area contributed by atoms with Gasteiger partial charge in [0.15, 0.2) is 0 Å². The predicted molar refractivity (Wildman–Crippen MR) is 102 cm³/mol. The van der Waals surface area contributed by atoms with E-state index in [2.05, 4.69) is 0 Å². The molecule has 0 aliphatic rings. The number of benzene rings is 3. The van der Waals surface area contributed by atoms with Crippen LogP contribution in [0.25, 0.3) is 5.57 Å². The first-order valence-corrected chi connectivity index (χ1v) is 8.41. The van der Waals surface area contributed by atoms with Gasteiger partial charge in [-0.15, -0.1) is 0 Å². The summed E-state index contributed by atoms with van der Waals surface area (Å²) in [5.74, 6) is -4.25. The van der Waals surface area contributed by atoms with E-state index in [1.54, 1.807) is 66.7 Å². The first-order valence-electron chi connectivity index (χ1n) is 8.41. The van der Waals surface area contributed by atoms with Crippen LogP contribution in [0.5, 0.6) is 5.75 Å². The summed E-state index contributed by atoms with van der Waals surface area (Å²) in [6, 6.07) is 23.2. The maximum Gasteiger partial charge on any atom is 0.329 e. The van der Waals surface area contributed by atoms with E-state index < -0.39 is 11.7 Å². The van der Waals surface area contributed by atoms with Gasteiger partial charge in [0.25, 0.3) is 0 Å². The van der Waals surface area contributed by atoms with Gasteiger partial charge in [-0.2, -0.15) is 8.78 Å². The third kappa shape index (κ3) is 4.29. The molecular weight excluding hydrogens is 346 g/mol. The van der Waals surface area contributed by atoms with Gasteiger partial charge in [-0.1, -0.05) is 72.8 Å². The Kier molecular flexibility index (Phi) is 5.46. The molecule has 0 saturated heterocycles. The van der Waals surface area contributed by atoms with Gasteiger partial charge >= 0.3 is 5.92 Å². The molecule has 0 aromatic heterocycles. The van der Waals surface area contributed by atoms with Crippen molar-refractivity contribution in [2.75, 3.05) is 7.11 Å². The van der Waals surface area contributed by atoms with Crippen molar-refractivity contribution in [2.45, 2.75) is 5.92 Å². The van der Waals surface area contributed by atoms with Crippen molar-refractivity contribution >= 4 is 11.4 Å². The van der Waals surface area contributed by atoms with Crippen LogP contribution in [0.3, 0.4) is 0 Å². The first kappa shape index (κ1) is 18.5. The van der Waals surface area contributed by atoms with Crippen molar-refractivity contribution in [3.63, 3.8) is 0 Å². The Morgan fingerprint density at radius 1 is 0.778 bits per heavy atom. The average molecular weight is 364 g/mol. The Balaban J connectivity index is 2.07. The van der Waals surface area contributed by atoms with E-state index in [-0.39, 0.29) is 11.1 Å². The average Bonchev–Trinajstić information content (AvgIpc) is 2.73. The van der Waals surface area contributed by atoms with E-state index in [1.165, 1.54) is 19.2 Å². The largest absolute Gasteiger partial charge is 0.497 e. The Labute approximate surface area is 156 Å². The number of hydrogen-bond donors (Lipinski definition) is 0. The number of Topliss-reactive ketones (excluding diaryl/α,β-unsaturated/α-hetero) is 1. The summed E-state index contributed by atoms with van der Waals surface area (Å²) in [4.78, 5) is 12.4. The number of ether oxygens (including phenoxy) is 1. The van der Waals surface area contributed by atoms with Crippen LogP contribution >= 0.6 is 0 Å². The van der Waals surface area contributed by atoms with E-state index in [0.29, 0.717) is 16.9 Å². The summed E-state index contributed by atoms with van der Waals surface area (Å²) in [5, 5.41) is 0. The lowest BCUT2D eigenvalue weighted by Gasteiger charge is -2.15. The van der Waals surface area contributed by atoms with Crippen molar-refractivity contribution in [1.29, 1.82) is 0 Å². The number of halogens is 2. The molecule has 0 spiro atoms. The van der Waals surface area contributed by atoms with Gasteiger partial charge < -0.3 is 4.74 Å². The first-order chi connectivity index (χ1) is 13.0. The lowest BCUT2D eigenvalue weighted by Crippen LogP contribution is -2.26. The highest BCUT2D eigenvalue weighted by molar-refractivity contribution is 6.04. The Hall–Kier alpha value is -3.27. The summed E-state index contributed by atoms with van der Waals surface area (Å²) >= 11 is 0. The van der Waals surface area contributed by atoms with Crippen LogP contribution in [0, 0.1) is 0 Å². The topological polar surface area (TPSA) is 26.3 Å². The third-order valence-corrected chi connectivity index (χ3v) is 4.15. The number of alkyl halides is 2. The molecule has 3 aromatic rings. The monoisotopic (exact) mass is 364 g/mol. The summed E-state index contributed by atoms with van der Waals surface area (Å²) in [5.41, 5.74) is 1.43. The molecule has 0 heterocycles. The lowest BCUT2D eigenvalue weighted by atomic mass is 9.94. The molecule has 0 amide bonds. The van der Waals surface area contributed by atoms with Crippen LogP contribution in [0.15, 0.2) is 91.0 Å². The van der Waals surface area contributed by atoms with E-state index in [9.17, 15) is 13.6 Å². The minimum Gasteiger partial charge on any atom is -0.497 e. The zero-order valence-corrected chi connectivity index (χ0v) is 14.7. The molecule has 4 heteroatoms. The standard InChI is InChI=1S/C23H18F2O2/c1-27-20-14-12-18(13-15-20)21(17-8-4-2-5-9-17)16-23(24,25)22(26)19-10-6-3-7-11-19/h2-16H,1H3/b21-16+. The molecule has 0 aliphatic carbocycles. The fraction of sp³-hybridized carbons (Fsp3) is 0.0870. The number of carbonyl (C=O) groups is 1. The van der Waals surface area contributed by atoms with Gasteiger partial charge in [-0.3, -0.25) is 4.79 Å². The van der Waals surface area contributed by atoms with Crippen molar-refractivity contribution in [2.24, 2.45) is 0 Å². The zero-order chi connectivity index (χ0) is 19.3. The molecule has 2 nitrogen and oxygen atoms in total. The van der Waals surface area contributed by atoms with Crippen LogP contribution in [0.1, 0.15) is 21.5 Å². The predicted octanol–water partition coefficient (Wildman–Crippen LogP) is 5.65. The summed E-state index contributed by atoms with van der Waals surface area (Å²) in [6.07, 6.45) is 0.736. The molecule has 0 radical (unpaired) electrons. The number of rotatable bonds is 6. The lowest BCUT2D eigenvalue weighted by molar-refractivity contribution is 0.0384. The van der Waals surface area contributed by atoms with Crippen molar-refractivity contribution in [3.05, 3.63) is 108 Å². The second kappa shape index (κ2) is 7.96. The molecule has 3 rings (SSSR count). The molecule has 0 fully saturated rings. The second-order valence-corrected chi connectivity index (χ2v) is 5.97. The highest BCUT2D eigenvalue weighted by atomic mass is 19.3. The van der Waals surface area contributed by atoms with E-state index in [4.69, 9.17) is 4.74 Å². The molecule has 136 valence electrons. The van der Waals surface area contributed by atoms with E-state index >= 15 is 0 Å². The number of methoxy groups -OCH3 is 1. The molecule has 0 N–H and O–H groups in total. The summed E-state index contributed by atoms with van der Waals surface area (Å²) in [6.45, 7) is 0. The number of allylic oxidation sites excluding steroid dienone is 1. The molecular formula is C23H18F2O2. The molecule has 0 bridgehead atoms. The van der Waals surface area contributed by atoms with Crippen molar-refractivity contribution < 1.29 is 18.3 Å². The maximum absolute atomic E-state index is 14.8. The fourth-order valence-corrected chi connectivity index (χ4v) is 2.75. The highest BCUT2D eigenvalue weighted by Gasteiger charge is 2.37. The van der Waals surface area contributed by atoms with Gasteiger partial charge in [0, 0.05) is 11.6 Å². The smallest absolute Gasteiger partial charge is 0.329 e. The van der Waals surface area contributed by atoms with Crippen LogP contribution < -0.4 is 4.74 Å². The normalized spacial score (nSPS) is 11.9. The molecule has 27 heavy (non-hydrogen) atoms. The van der Waals surface area contributed by atoms with E-state index in [0.717, 1.165) is 6.08 Å². The minimum atomic E-state index is -3.65. The van der Waals surface area contributed by atoms with E-state index in [1.807, 2.05) is 6.07 Å². The second-order valence-electron chi connectivity index (χ2n) is 5.97. The van der Waals surface area contributed by atoms with Crippen molar-refractivity contribution in [1.82, 2.24) is 0 Å². The van der Waals surface area contributed by atoms with Gasteiger partial charge in [-0.05, 0) is 28.8 Å². The molecule has 0 unspecified atom stereocenters. The number of carbonyl (C=O) groups excluding carboxylic acids is 1. The summed E-state index contributed by atoms with van der Waals surface area (Å²) < 4.78 is 34.8. The summed E-state index contributed by atoms with van der Waals surface area (Å²) in [7, 11) is 1.54. The zero-order valence-electron chi connectivity index (χ0n) is 14.7. The molecule has 0 atom stereocenters. The van der Waals surface area contributed by atoms with Crippen LogP contribution in [0.2, 0.25) is 0 Å². The molecule has 0 aliphatic heterocycles. The maximum atomic E-state index is 14.8. The van der Waals surface area contributed by atoms with Crippen LogP contribution in [-0.4, -0.2) is 18.8 Å². The Morgan fingerprint density at radius 3 is 1.78 bits per heavy atom. The van der Waals surface area contributed by atoms with Gasteiger partial charge in [0.2, 0.25) is 5.78 Å². The fourth-order valence-electron chi connectivity index (χ4n) is 2.75.